The zero-order valence-electron chi connectivity index (χ0n) is 17.7. The Labute approximate surface area is 178 Å². The highest BCUT2D eigenvalue weighted by Crippen LogP contribution is 2.61. The standard InChI is InChI=1S/C23H33N3O4/c24-15-23(4-2-1-3-5-23)26-20(28)14-30-21(29)13-25-19(27)12-22-9-16-6-17(10-22)8-18(7-16)11-22/h16-18H,1-14H2,(H,25,27)(H,26,28). The molecule has 0 aliphatic heterocycles. The van der Waals surface area contributed by atoms with Crippen molar-refractivity contribution in [2.45, 2.75) is 82.6 Å². The maximum atomic E-state index is 12.5. The lowest BCUT2D eigenvalue weighted by molar-refractivity contribution is -0.149. The summed E-state index contributed by atoms with van der Waals surface area (Å²) < 4.78 is 5.00. The Hall–Kier alpha value is -2.10. The molecule has 0 unspecified atom stereocenters. The van der Waals surface area contributed by atoms with Crippen LogP contribution in [0.5, 0.6) is 0 Å². The highest BCUT2D eigenvalue weighted by molar-refractivity contribution is 5.84. The van der Waals surface area contributed by atoms with Crippen LogP contribution in [0.2, 0.25) is 0 Å². The Balaban J connectivity index is 1.17. The van der Waals surface area contributed by atoms with E-state index in [0.717, 1.165) is 56.3 Å². The molecule has 164 valence electrons. The molecule has 2 N–H and O–H groups in total. The van der Waals surface area contributed by atoms with Gasteiger partial charge in [0.05, 0.1) is 6.07 Å². The number of rotatable bonds is 7. The Morgan fingerprint density at radius 1 is 0.933 bits per heavy atom. The molecule has 0 aromatic carbocycles. The van der Waals surface area contributed by atoms with Crippen molar-refractivity contribution in [3.63, 3.8) is 0 Å². The average Bonchev–Trinajstić information content (AvgIpc) is 2.70. The van der Waals surface area contributed by atoms with Crippen LogP contribution in [0, 0.1) is 34.5 Å². The first kappa shape index (κ1) is 21.1. The molecule has 0 spiro atoms. The van der Waals surface area contributed by atoms with E-state index in [-0.39, 0.29) is 17.9 Å². The van der Waals surface area contributed by atoms with Crippen molar-refractivity contribution < 1.29 is 19.1 Å². The summed E-state index contributed by atoms with van der Waals surface area (Å²) >= 11 is 0. The molecule has 5 rings (SSSR count). The van der Waals surface area contributed by atoms with E-state index in [4.69, 9.17) is 4.74 Å². The summed E-state index contributed by atoms with van der Waals surface area (Å²) in [6.07, 6.45) is 12.1. The van der Waals surface area contributed by atoms with E-state index in [2.05, 4.69) is 16.7 Å². The Kier molecular flexibility index (Phi) is 6.04. The average molecular weight is 416 g/mol. The van der Waals surface area contributed by atoms with Crippen LogP contribution in [0.1, 0.15) is 77.0 Å². The van der Waals surface area contributed by atoms with Crippen LogP contribution in [-0.4, -0.2) is 36.5 Å². The number of amides is 2. The number of carbonyl (C=O) groups excluding carboxylic acids is 3. The third-order valence-corrected chi connectivity index (χ3v) is 7.79. The quantitative estimate of drug-likeness (QED) is 0.621. The van der Waals surface area contributed by atoms with Crippen molar-refractivity contribution in [1.29, 1.82) is 5.26 Å². The van der Waals surface area contributed by atoms with Gasteiger partial charge in [-0.25, -0.2) is 0 Å². The number of nitrogens with one attached hydrogen (secondary N) is 2. The van der Waals surface area contributed by atoms with Crippen molar-refractivity contribution in [2.24, 2.45) is 23.2 Å². The van der Waals surface area contributed by atoms with Crippen molar-refractivity contribution in [3.05, 3.63) is 0 Å². The smallest absolute Gasteiger partial charge is 0.325 e. The molecule has 5 aliphatic rings. The first-order chi connectivity index (χ1) is 14.4. The van der Waals surface area contributed by atoms with E-state index in [9.17, 15) is 19.6 Å². The van der Waals surface area contributed by atoms with Crippen LogP contribution in [0.15, 0.2) is 0 Å². The second kappa shape index (κ2) is 8.56. The number of hydrogen-bond donors (Lipinski definition) is 2. The first-order valence-corrected chi connectivity index (χ1v) is 11.5. The highest BCUT2D eigenvalue weighted by atomic mass is 16.5. The number of nitriles is 1. The number of esters is 1. The molecule has 5 saturated carbocycles. The van der Waals surface area contributed by atoms with Crippen LogP contribution in [0.3, 0.4) is 0 Å². The zero-order valence-corrected chi connectivity index (χ0v) is 17.7. The van der Waals surface area contributed by atoms with E-state index in [1.54, 1.807) is 0 Å². The topological polar surface area (TPSA) is 108 Å². The molecule has 0 atom stereocenters. The van der Waals surface area contributed by atoms with Gasteiger partial charge in [0.2, 0.25) is 5.91 Å². The molecule has 7 nitrogen and oxygen atoms in total. The highest BCUT2D eigenvalue weighted by Gasteiger charge is 2.51. The first-order valence-electron chi connectivity index (χ1n) is 11.5. The number of carbonyl (C=O) groups is 3. The van der Waals surface area contributed by atoms with Gasteiger partial charge < -0.3 is 15.4 Å². The van der Waals surface area contributed by atoms with Crippen LogP contribution in [-0.2, 0) is 19.1 Å². The molecule has 0 aromatic rings. The summed E-state index contributed by atoms with van der Waals surface area (Å²) in [7, 11) is 0. The van der Waals surface area contributed by atoms with Gasteiger partial charge in [0.1, 0.15) is 12.1 Å². The third-order valence-electron chi connectivity index (χ3n) is 7.79. The minimum Gasteiger partial charge on any atom is -0.454 e. The fourth-order valence-corrected chi connectivity index (χ4v) is 7.00. The molecular formula is C23H33N3O4. The van der Waals surface area contributed by atoms with Gasteiger partial charge in [-0.05, 0) is 74.5 Å². The largest absolute Gasteiger partial charge is 0.454 e. The lowest BCUT2D eigenvalue weighted by atomic mass is 9.49. The van der Waals surface area contributed by atoms with Crippen molar-refractivity contribution in [3.8, 4) is 6.07 Å². The van der Waals surface area contributed by atoms with Gasteiger partial charge in [-0.2, -0.15) is 5.26 Å². The van der Waals surface area contributed by atoms with Gasteiger partial charge in [-0.15, -0.1) is 0 Å². The van der Waals surface area contributed by atoms with Crippen LogP contribution in [0.25, 0.3) is 0 Å². The number of ether oxygens (including phenoxy) is 1. The van der Waals surface area contributed by atoms with Crippen molar-refractivity contribution >= 4 is 17.8 Å². The molecule has 5 aliphatic carbocycles. The van der Waals surface area contributed by atoms with E-state index >= 15 is 0 Å². The molecule has 0 aromatic heterocycles. The third kappa shape index (κ3) is 4.79. The lowest BCUT2D eigenvalue weighted by Gasteiger charge is -2.56. The van der Waals surface area contributed by atoms with Crippen molar-refractivity contribution in [1.82, 2.24) is 10.6 Å². The summed E-state index contributed by atoms with van der Waals surface area (Å²) in [5.74, 6) is 1.17. The normalized spacial score (nSPS) is 33.4. The minimum absolute atomic E-state index is 0.0935. The summed E-state index contributed by atoms with van der Waals surface area (Å²) in [6, 6.07) is 2.21. The molecule has 0 heterocycles. The van der Waals surface area contributed by atoms with Gasteiger partial charge in [0.25, 0.3) is 5.91 Å². The SMILES string of the molecule is N#CC1(NC(=O)COC(=O)CNC(=O)CC23CC4CC(CC(C4)C2)C3)CCCCC1. The second-order valence-corrected chi connectivity index (χ2v) is 10.3. The van der Waals surface area contributed by atoms with Gasteiger partial charge in [0.15, 0.2) is 6.61 Å². The summed E-state index contributed by atoms with van der Waals surface area (Å²) in [5.41, 5.74) is -0.706. The maximum absolute atomic E-state index is 12.5. The van der Waals surface area contributed by atoms with Gasteiger partial charge in [0, 0.05) is 6.42 Å². The minimum atomic E-state index is -0.839. The van der Waals surface area contributed by atoms with E-state index in [1.165, 1.54) is 19.3 Å². The Morgan fingerprint density at radius 3 is 2.10 bits per heavy atom. The molecular weight excluding hydrogens is 382 g/mol. The van der Waals surface area contributed by atoms with Gasteiger partial charge in [-0.1, -0.05) is 19.3 Å². The zero-order chi connectivity index (χ0) is 21.2. The molecule has 5 fully saturated rings. The maximum Gasteiger partial charge on any atom is 0.325 e. The summed E-state index contributed by atoms with van der Waals surface area (Å²) in [4.78, 5) is 36.6. The van der Waals surface area contributed by atoms with Gasteiger partial charge >= 0.3 is 5.97 Å². The van der Waals surface area contributed by atoms with Crippen LogP contribution < -0.4 is 10.6 Å². The second-order valence-electron chi connectivity index (χ2n) is 10.3. The fourth-order valence-electron chi connectivity index (χ4n) is 7.00. The van der Waals surface area contributed by atoms with E-state index < -0.39 is 24.0 Å². The summed E-state index contributed by atoms with van der Waals surface area (Å²) in [6.45, 7) is -0.644. The molecule has 2 amide bonds. The Morgan fingerprint density at radius 2 is 1.53 bits per heavy atom. The predicted octanol–water partition coefficient (Wildman–Crippen LogP) is 2.59. The number of hydrogen-bond acceptors (Lipinski definition) is 5. The molecule has 4 bridgehead atoms. The molecule has 0 radical (unpaired) electrons. The lowest BCUT2D eigenvalue weighted by Crippen LogP contribution is -2.50. The van der Waals surface area contributed by atoms with Crippen LogP contribution >= 0.6 is 0 Å². The van der Waals surface area contributed by atoms with E-state index in [1.807, 2.05) is 0 Å². The number of nitrogens with zero attached hydrogens (tertiary/aromatic N) is 1. The molecule has 7 heteroatoms. The predicted molar refractivity (Wildman–Crippen MR) is 109 cm³/mol. The fraction of sp³-hybridized carbons (Fsp3) is 0.826. The summed E-state index contributed by atoms with van der Waals surface area (Å²) in [5, 5.41) is 14.8. The van der Waals surface area contributed by atoms with Gasteiger partial charge in [-0.3, -0.25) is 14.4 Å². The monoisotopic (exact) mass is 415 g/mol. The molecule has 30 heavy (non-hydrogen) atoms. The molecule has 0 saturated heterocycles. The van der Waals surface area contributed by atoms with E-state index in [0.29, 0.717) is 19.3 Å². The van der Waals surface area contributed by atoms with Crippen LogP contribution in [0.4, 0.5) is 0 Å². The Bertz CT molecular complexity index is 700. The van der Waals surface area contributed by atoms with Crippen molar-refractivity contribution in [2.75, 3.05) is 13.2 Å².